The average molecular weight is 335 g/mol. The Morgan fingerprint density at radius 1 is 1.16 bits per heavy atom. The van der Waals surface area contributed by atoms with Gasteiger partial charge in [-0.15, -0.1) is 0 Å². The number of hydrogen-bond donors (Lipinski definition) is 3. The van der Waals surface area contributed by atoms with Crippen molar-refractivity contribution in [2.24, 2.45) is 0 Å². The summed E-state index contributed by atoms with van der Waals surface area (Å²) in [5.74, 6) is 1.64. The lowest BCUT2D eigenvalue weighted by Crippen LogP contribution is -2.26. The van der Waals surface area contributed by atoms with Crippen LogP contribution in [0.15, 0.2) is 24.5 Å². The van der Waals surface area contributed by atoms with Gasteiger partial charge in [0.15, 0.2) is 5.82 Å². The van der Waals surface area contributed by atoms with Crippen molar-refractivity contribution in [3.63, 3.8) is 0 Å². The smallest absolute Gasteiger partial charge is 0.161 e. The molecule has 0 saturated heterocycles. The molecule has 1 aliphatic rings. The Kier molecular flexibility index (Phi) is 4.15. The molecule has 0 fully saturated rings. The van der Waals surface area contributed by atoms with Crippen LogP contribution in [0.5, 0.6) is 0 Å². The molecule has 1 aliphatic heterocycles. The second kappa shape index (κ2) is 6.60. The Morgan fingerprint density at radius 3 is 2.76 bits per heavy atom. The molecular weight excluding hydrogens is 314 g/mol. The standard InChI is InChI=1S/C18H21N7/c1-11-15(12(2)25-24-11)9-21-18-14-5-8-20-10-16(14)22-17(23-18)13-3-6-19-7-4-13/h3-4,6-7,20H,5,8-10H2,1-2H3,(H,24,25)(H,21,22,23). The lowest BCUT2D eigenvalue weighted by Gasteiger charge is -2.21. The van der Waals surface area contributed by atoms with Crippen molar-refractivity contribution in [2.45, 2.75) is 33.4 Å². The second-order valence-corrected chi connectivity index (χ2v) is 6.25. The molecule has 3 N–H and O–H groups in total. The Labute approximate surface area is 146 Å². The predicted octanol–water partition coefficient (Wildman–Crippen LogP) is 2.14. The summed E-state index contributed by atoms with van der Waals surface area (Å²) < 4.78 is 0. The summed E-state index contributed by atoms with van der Waals surface area (Å²) in [5, 5.41) is 14.2. The fraction of sp³-hybridized carbons (Fsp3) is 0.333. The number of nitrogens with one attached hydrogen (secondary N) is 3. The van der Waals surface area contributed by atoms with Gasteiger partial charge in [-0.1, -0.05) is 0 Å². The van der Waals surface area contributed by atoms with E-state index < -0.39 is 0 Å². The Morgan fingerprint density at radius 2 is 2.00 bits per heavy atom. The molecule has 3 aromatic heterocycles. The van der Waals surface area contributed by atoms with Gasteiger partial charge in [0.2, 0.25) is 0 Å². The van der Waals surface area contributed by atoms with Crippen LogP contribution in [0.25, 0.3) is 11.4 Å². The first-order valence-electron chi connectivity index (χ1n) is 8.47. The van der Waals surface area contributed by atoms with Crippen LogP contribution >= 0.6 is 0 Å². The van der Waals surface area contributed by atoms with Crippen molar-refractivity contribution in [1.29, 1.82) is 0 Å². The molecule has 0 radical (unpaired) electrons. The highest BCUT2D eigenvalue weighted by Crippen LogP contribution is 2.25. The Bertz CT molecular complexity index is 866. The fourth-order valence-corrected chi connectivity index (χ4v) is 3.14. The molecule has 0 aliphatic carbocycles. The van der Waals surface area contributed by atoms with Gasteiger partial charge in [-0.3, -0.25) is 10.1 Å². The van der Waals surface area contributed by atoms with Crippen LogP contribution in [0, 0.1) is 13.8 Å². The molecule has 0 atom stereocenters. The molecule has 0 aromatic carbocycles. The molecular formula is C18H21N7. The maximum Gasteiger partial charge on any atom is 0.161 e. The van der Waals surface area contributed by atoms with Crippen LogP contribution < -0.4 is 10.6 Å². The zero-order chi connectivity index (χ0) is 17.2. The van der Waals surface area contributed by atoms with Crippen molar-refractivity contribution >= 4 is 5.82 Å². The highest BCUT2D eigenvalue weighted by Gasteiger charge is 2.18. The van der Waals surface area contributed by atoms with Crippen molar-refractivity contribution in [2.75, 3.05) is 11.9 Å². The Balaban J connectivity index is 1.70. The number of hydrogen-bond acceptors (Lipinski definition) is 6. The third-order valence-electron chi connectivity index (χ3n) is 4.59. The maximum atomic E-state index is 4.81. The third kappa shape index (κ3) is 3.10. The summed E-state index contributed by atoms with van der Waals surface area (Å²) in [6.45, 7) is 6.47. The van der Waals surface area contributed by atoms with Crippen molar-refractivity contribution in [1.82, 2.24) is 30.5 Å². The number of aryl methyl sites for hydroxylation is 2. The number of anilines is 1. The summed E-state index contributed by atoms with van der Waals surface area (Å²) in [6.07, 6.45) is 4.46. The molecule has 128 valence electrons. The molecule has 7 nitrogen and oxygen atoms in total. The SMILES string of the molecule is Cc1n[nH]c(C)c1CNc1nc(-c2ccncc2)nc2c1CCNC2. The molecule has 3 aromatic rings. The number of nitrogens with zero attached hydrogens (tertiary/aromatic N) is 4. The second-order valence-electron chi connectivity index (χ2n) is 6.25. The van der Waals surface area contributed by atoms with E-state index in [1.807, 2.05) is 26.0 Å². The zero-order valence-electron chi connectivity index (χ0n) is 14.4. The van der Waals surface area contributed by atoms with Gasteiger partial charge in [0, 0.05) is 47.9 Å². The van der Waals surface area contributed by atoms with E-state index in [0.29, 0.717) is 6.54 Å². The van der Waals surface area contributed by atoms with Crippen LogP contribution in [0.2, 0.25) is 0 Å². The highest BCUT2D eigenvalue weighted by molar-refractivity contribution is 5.60. The molecule has 0 spiro atoms. The molecule has 4 rings (SSSR count). The van der Waals surface area contributed by atoms with Gasteiger partial charge in [0.05, 0.1) is 11.4 Å². The van der Waals surface area contributed by atoms with E-state index in [1.165, 1.54) is 11.1 Å². The van der Waals surface area contributed by atoms with Crippen LogP contribution in [-0.2, 0) is 19.5 Å². The van der Waals surface area contributed by atoms with E-state index in [9.17, 15) is 0 Å². The van der Waals surface area contributed by atoms with Crippen molar-refractivity contribution in [3.8, 4) is 11.4 Å². The fourth-order valence-electron chi connectivity index (χ4n) is 3.14. The van der Waals surface area contributed by atoms with Crippen molar-refractivity contribution < 1.29 is 0 Å². The van der Waals surface area contributed by atoms with E-state index in [-0.39, 0.29) is 0 Å². The molecule has 0 bridgehead atoms. The third-order valence-corrected chi connectivity index (χ3v) is 4.59. The maximum absolute atomic E-state index is 4.81. The van der Waals surface area contributed by atoms with Gasteiger partial charge in [0.25, 0.3) is 0 Å². The van der Waals surface area contributed by atoms with Gasteiger partial charge in [-0.2, -0.15) is 5.10 Å². The van der Waals surface area contributed by atoms with E-state index in [1.54, 1.807) is 12.4 Å². The molecule has 25 heavy (non-hydrogen) atoms. The largest absolute Gasteiger partial charge is 0.365 e. The molecule has 0 unspecified atom stereocenters. The summed E-state index contributed by atoms with van der Waals surface area (Å²) >= 11 is 0. The van der Waals surface area contributed by atoms with E-state index >= 15 is 0 Å². The lowest BCUT2D eigenvalue weighted by atomic mass is 10.1. The van der Waals surface area contributed by atoms with Crippen LogP contribution in [-0.4, -0.2) is 31.7 Å². The number of pyridine rings is 1. The minimum absolute atomic E-state index is 0.695. The first-order valence-corrected chi connectivity index (χ1v) is 8.47. The highest BCUT2D eigenvalue weighted by atomic mass is 15.1. The molecule has 0 saturated carbocycles. The van der Waals surface area contributed by atoms with E-state index in [4.69, 9.17) is 9.97 Å². The number of H-pyrrole nitrogens is 1. The van der Waals surface area contributed by atoms with Gasteiger partial charge in [0.1, 0.15) is 5.82 Å². The monoisotopic (exact) mass is 335 g/mol. The number of fused-ring (bicyclic) bond motifs is 1. The topological polar surface area (TPSA) is 91.4 Å². The van der Waals surface area contributed by atoms with Gasteiger partial charge >= 0.3 is 0 Å². The van der Waals surface area contributed by atoms with Gasteiger partial charge in [-0.25, -0.2) is 9.97 Å². The van der Waals surface area contributed by atoms with Gasteiger partial charge < -0.3 is 10.6 Å². The normalized spacial score (nSPS) is 13.5. The first kappa shape index (κ1) is 15.7. The van der Waals surface area contributed by atoms with E-state index in [2.05, 4.69) is 25.8 Å². The van der Waals surface area contributed by atoms with Gasteiger partial charge in [-0.05, 0) is 38.9 Å². The van der Waals surface area contributed by atoms with Crippen LogP contribution in [0.1, 0.15) is 28.2 Å². The van der Waals surface area contributed by atoms with Crippen LogP contribution in [0.4, 0.5) is 5.82 Å². The lowest BCUT2D eigenvalue weighted by molar-refractivity contribution is 0.625. The summed E-state index contributed by atoms with van der Waals surface area (Å²) in [6, 6.07) is 3.87. The zero-order valence-corrected chi connectivity index (χ0v) is 14.4. The minimum atomic E-state index is 0.695. The average Bonchev–Trinajstić information content (AvgIpc) is 2.98. The number of aromatic amines is 1. The summed E-state index contributed by atoms with van der Waals surface area (Å²) in [5.41, 5.74) is 6.54. The molecule has 0 amide bonds. The molecule has 4 heterocycles. The minimum Gasteiger partial charge on any atom is -0.365 e. The predicted molar refractivity (Wildman–Crippen MR) is 96.1 cm³/mol. The summed E-state index contributed by atoms with van der Waals surface area (Å²) in [7, 11) is 0. The molecule has 7 heteroatoms. The first-order chi connectivity index (χ1) is 12.2. The number of aromatic nitrogens is 5. The van der Waals surface area contributed by atoms with Crippen LogP contribution in [0.3, 0.4) is 0 Å². The van der Waals surface area contributed by atoms with Crippen molar-refractivity contribution in [3.05, 3.63) is 52.7 Å². The quantitative estimate of drug-likeness (QED) is 0.676. The van der Waals surface area contributed by atoms with E-state index in [0.717, 1.165) is 53.8 Å². The summed E-state index contributed by atoms with van der Waals surface area (Å²) in [4.78, 5) is 13.6. The number of rotatable bonds is 4. The Hall–Kier alpha value is -2.80.